The van der Waals surface area contributed by atoms with Gasteiger partial charge in [0.1, 0.15) is 5.75 Å². The van der Waals surface area contributed by atoms with Crippen molar-refractivity contribution >= 4 is 5.91 Å². The summed E-state index contributed by atoms with van der Waals surface area (Å²) in [6.45, 7) is 7.61. The second kappa shape index (κ2) is 6.40. The SMILES string of the molecule is CCc1ccc(OCC(=O)NOC(C)(C)C)cc1. The van der Waals surface area contributed by atoms with Crippen molar-refractivity contribution in [1.29, 1.82) is 0 Å². The van der Waals surface area contributed by atoms with E-state index in [-0.39, 0.29) is 12.5 Å². The van der Waals surface area contributed by atoms with Crippen LogP contribution in [0, 0.1) is 0 Å². The van der Waals surface area contributed by atoms with Crippen molar-refractivity contribution in [3.05, 3.63) is 29.8 Å². The highest BCUT2D eigenvalue weighted by Gasteiger charge is 2.12. The van der Waals surface area contributed by atoms with Crippen LogP contribution in [0.1, 0.15) is 33.3 Å². The quantitative estimate of drug-likeness (QED) is 0.818. The second-order valence-electron chi connectivity index (χ2n) is 5.03. The number of hydrogen-bond donors (Lipinski definition) is 1. The van der Waals surface area contributed by atoms with Crippen molar-refractivity contribution in [3.8, 4) is 5.75 Å². The Morgan fingerprint density at radius 1 is 1.22 bits per heavy atom. The summed E-state index contributed by atoms with van der Waals surface area (Å²) in [7, 11) is 0. The Morgan fingerprint density at radius 2 is 1.83 bits per heavy atom. The van der Waals surface area contributed by atoms with E-state index in [2.05, 4.69) is 12.4 Å². The summed E-state index contributed by atoms with van der Waals surface area (Å²) >= 11 is 0. The van der Waals surface area contributed by atoms with Crippen LogP contribution in [0.5, 0.6) is 5.75 Å². The van der Waals surface area contributed by atoms with Gasteiger partial charge >= 0.3 is 0 Å². The topological polar surface area (TPSA) is 47.6 Å². The molecule has 1 amide bonds. The molecular weight excluding hydrogens is 230 g/mol. The minimum Gasteiger partial charge on any atom is -0.484 e. The molecule has 1 aromatic rings. The highest BCUT2D eigenvalue weighted by atomic mass is 16.7. The third-order valence-corrected chi connectivity index (χ3v) is 2.17. The Bertz CT molecular complexity index is 379. The minimum atomic E-state index is -0.404. The Hall–Kier alpha value is -1.55. The molecule has 0 bridgehead atoms. The first kappa shape index (κ1) is 14.5. The molecule has 1 aromatic carbocycles. The summed E-state index contributed by atoms with van der Waals surface area (Å²) in [5.74, 6) is 0.377. The molecule has 18 heavy (non-hydrogen) atoms. The number of rotatable bonds is 5. The van der Waals surface area contributed by atoms with Gasteiger partial charge in [-0.25, -0.2) is 5.48 Å². The fraction of sp³-hybridized carbons (Fsp3) is 0.500. The van der Waals surface area contributed by atoms with E-state index in [9.17, 15) is 4.79 Å². The van der Waals surface area contributed by atoms with Crippen LogP contribution in [0.15, 0.2) is 24.3 Å². The molecule has 0 fully saturated rings. The molecule has 0 radical (unpaired) electrons. The number of aryl methyl sites for hydroxylation is 1. The zero-order valence-corrected chi connectivity index (χ0v) is 11.4. The summed E-state index contributed by atoms with van der Waals surface area (Å²) in [4.78, 5) is 16.6. The third-order valence-electron chi connectivity index (χ3n) is 2.17. The Labute approximate surface area is 108 Å². The number of carbonyl (C=O) groups is 1. The van der Waals surface area contributed by atoms with Crippen molar-refractivity contribution in [2.75, 3.05) is 6.61 Å². The van der Waals surface area contributed by atoms with Crippen LogP contribution in [0.2, 0.25) is 0 Å². The Balaban J connectivity index is 2.33. The molecule has 0 atom stereocenters. The Morgan fingerprint density at radius 3 is 2.33 bits per heavy atom. The van der Waals surface area contributed by atoms with Crippen molar-refractivity contribution in [3.63, 3.8) is 0 Å². The predicted octanol–water partition coefficient (Wildman–Crippen LogP) is 2.47. The molecule has 1 rings (SSSR count). The summed E-state index contributed by atoms with van der Waals surface area (Å²) in [5, 5.41) is 0. The van der Waals surface area contributed by atoms with E-state index in [1.54, 1.807) is 0 Å². The lowest BCUT2D eigenvalue weighted by molar-refractivity contribution is -0.147. The number of ether oxygens (including phenoxy) is 1. The van der Waals surface area contributed by atoms with Gasteiger partial charge in [-0.1, -0.05) is 19.1 Å². The third kappa shape index (κ3) is 5.68. The van der Waals surface area contributed by atoms with Crippen LogP contribution in [-0.4, -0.2) is 18.1 Å². The fourth-order valence-electron chi connectivity index (χ4n) is 1.21. The van der Waals surface area contributed by atoms with Crippen LogP contribution in [0.25, 0.3) is 0 Å². The van der Waals surface area contributed by atoms with E-state index in [1.165, 1.54) is 5.56 Å². The van der Waals surface area contributed by atoms with Crippen molar-refractivity contribution < 1.29 is 14.4 Å². The predicted molar refractivity (Wildman–Crippen MR) is 70.3 cm³/mol. The van der Waals surface area contributed by atoms with E-state index in [1.807, 2.05) is 45.0 Å². The molecule has 0 saturated heterocycles. The van der Waals surface area contributed by atoms with E-state index >= 15 is 0 Å². The monoisotopic (exact) mass is 251 g/mol. The van der Waals surface area contributed by atoms with Crippen molar-refractivity contribution in [2.45, 2.75) is 39.7 Å². The molecule has 0 aliphatic heterocycles. The standard InChI is InChI=1S/C14H21NO3/c1-5-11-6-8-12(9-7-11)17-10-13(16)15-18-14(2,3)4/h6-9H,5,10H2,1-4H3,(H,15,16). The van der Waals surface area contributed by atoms with Crippen LogP contribution < -0.4 is 10.2 Å². The molecule has 0 unspecified atom stereocenters. The Kier molecular flexibility index (Phi) is 5.16. The molecular formula is C14H21NO3. The maximum absolute atomic E-state index is 11.4. The van der Waals surface area contributed by atoms with Gasteiger partial charge in [0.25, 0.3) is 5.91 Å². The van der Waals surface area contributed by atoms with Gasteiger partial charge in [-0.3, -0.25) is 9.63 Å². The average molecular weight is 251 g/mol. The van der Waals surface area contributed by atoms with Gasteiger partial charge in [0.2, 0.25) is 0 Å². The van der Waals surface area contributed by atoms with E-state index in [0.29, 0.717) is 5.75 Å². The molecule has 0 saturated carbocycles. The lowest BCUT2D eigenvalue weighted by Gasteiger charge is -2.18. The zero-order chi connectivity index (χ0) is 13.6. The summed E-state index contributed by atoms with van der Waals surface area (Å²) in [6.07, 6.45) is 0.986. The smallest absolute Gasteiger partial charge is 0.281 e. The summed E-state index contributed by atoms with van der Waals surface area (Å²) in [5.41, 5.74) is 3.19. The lowest BCUT2D eigenvalue weighted by atomic mass is 10.2. The fourth-order valence-corrected chi connectivity index (χ4v) is 1.21. The maximum atomic E-state index is 11.4. The molecule has 0 spiro atoms. The largest absolute Gasteiger partial charge is 0.484 e. The molecule has 4 nitrogen and oxygen atoms in total. The molecule has 0 aromatic heterocycles. The van der Waals surface area contributed by atoms with E-state index in [0.717, 1.165) is 6.42 Å². The van der Waals surface area contributed by atoms with Gasteiger partial charge in [-0.15, -0.1) is 0 Å². The molecule has 0 aliphatic carbocycles. The average Bonchev–Trinajstić information content (AvgIpc) is 2.33. The first-order valence-electron chi connectivity index (χ1n) is 6.09. The second-order valence-corrected chi connectivity index (χ2v) is 5.03. The number of amides is 1. The van der Waals surface area contributed by atoms with Crippen LogP contribution in [0.4, 0.5) is 0 Å². The van der Waals surface area contributed by atoms with Gasteiger partial charge in [0.05, 0.1) is 5.60 Å². The van der Waals surface area contributed by atoms with Crippen LogP contribution in [0.3, 0.4) is 0 Å². The van der Waals surface area contributed by atoms with Crippen molar-refractivity contribution in [1.82, 2.24) is 5.48 Å². The highest BCUT2D eigenvalue weighted by Crippen LogP contribution is 2.12. The van der Waals surface area contributed by atoms with E-state index < -0.39 is 5.60 Å². The first-order chi connectivity index (χ1) is 8.40. The lowest BCUT2D eigenvalue weighted by Crippen LogP contribution is -2.36. The molecule has 0 aliphatic rings. The van der Waals surface area contributed by atoms with Crippen LogP contribution in [-0.2, 0) is 16.1 Å². The normalized spacial score (nSPS) is 11.1. The zero-order valence-electron chi connectivity index (χ0n) is 11.4. The van der Waals surface area contributed by atoms with E-state index in [4.69, 9.17) is 9.57 Å². The van der Waals surface area contributed by atoms with Gasteiger partial charge in [0, 0.05) is 0 Å². The highest BCUT2D eigenvalue weighted by molar-refractivity contribution is 5.76. The number of benzene rings is 1. The molecule has 100 valence electrons. The molecule has 4 heteroatoms. The maximum Gasteiger partial charge on any atom is 0.281 e. The minimum absolute atomic E-state index is 0.0540. The van der Waals surface area contributed by atoms with Crippen LogP contribution >= 0.6 is 0 Å². The number of nitrogens with one attached hydrogen (secondary N) is 1. The van der Waals surface area contributed by atoms with Gasteiger partial charge in [0.15, 0.2) is 6.61 Å². The number of hydrogen-bond acceptors (Lipinski definition) is 3. The van der Waals surface area contributed by atoms with Crippen molar-refractivity contribution in [2.24, 2.45) is 0 Å². The van der Waals surface area contributed by atoms with Gasteiger partial charge in [-0.05, 0) is 44.9 Å². The number of hydroxylamine groups is 1. The summed E-state index contributed by atoms with van der Waals surface area (Å²) in [6, 6.07) is 7.69. The summed E-state index contributed by atoms with van der Waals surface area (Å²) < 4.78 is 5.34. The van der Waals surface area contributed by atoms with Gasteiger partial charge < -0.3 is 4.74 Å². The molecule has 0 heterocycles. The number of carbonyl (C=O) groups excluding carboxylic acids is 1. The first-order valence-corrected chi connectivity index (χ1v) is 6.09. The molecule has 1 N–H and O–H groups in total. The van der Waals surface area contributed by atoms with Gasteiger partial charge in [-0.2, -0.15) is 0 Å².